The summed E-state index contributed by atoms with van der Waals surface area (Å²) in [5, 5.41) is 0.443. The van der Waals surface area contributed by atoms with Crippen molar-refractivity contribution in [2.75, 3.05) is 6.54 Å². The number of benzene rings is 2. The standard InChI is InChI=1S/C18H16FNO4S3/c19-15-10-8-14(9-11-15)17(26(21,22)18-7-4-12-25-18)13-20-27(23,24)16-5-2-1-3-6-16/h1-12,17,20H,13H2/t17-/m1/s1. The molecule has 0 bridgehead atoms. The van der Waals surface area contributed by atoms with Gasteiger partial charge in [-0.25, -0.2) is 25.9 Å². The van der Waals surface area contributed by atoms with Crippen molar-refractivity contribution in [2.24, 2.45) is 0 Å². The number of hydrogen-bond donors (Lipinski definition) is 1. The maximum Gasteiger partial charge on any atom is 0.240 e. The maximum atomic E-state index is 13.3. The molecule has 9 heteroatoms. The predicted octanol–water partition coefficient (Wildman–Crippen LogP) is 3.38. The molecule has 0 saturated carbocycles. The van der Waals surface area contributed by atoms with Gasteiger partial charge >= 0.3 is 0 Å². The van der Waals surface area contributed by atoms with E-state index in [1.54, 1.807) is 29.6 Å². The summed E-state index contributed by atoms with van der Waals surface area (Å²) < 4.78 is 66.7. The number of sulfonamides is 1. The van der Waals surface area contributed by atoms with Crippen LogP contribution >= 0.6 is 11.3 Å². The van der Waals surface area contributed by atoms with Crippen molar-refractivity contribution in [1.82, 2.24) is 4.72 Å². The van der Waals surface area contributed by atoms with Crippen LogP contribution in [-0.2, 0) is 19.9 Å². The molecule has 0 fully saturated rings. The Morgan fingerprint density at radius 1 is 0.889 bits per heavy atom. The Balaban J connectivity index is 1.95. The summed E-state index contributed by atoms with van der Waals surface area (Å²) in [5.74, 6) is -0.504. The van der Waals surface area contributed by atoms with E-state index in [0.717, 1.165) is 23.5 Å². The predicted molar refractivity (Wildman–Crippen MR) is 102 cm³/mol. The number of sulfone groups is 1. The van der Waals surface area contributed by atoms with Gasteiger partial charge in [-0.15, -0.1) is 11.3 Å². The molecular formula is C18H16FNO4S3. The third kappa shape index (κ3) is 4.44. The molecule has 5 nitrogen and oxygen atoms in total. The van der Waals surface area contributed by atoms with Crippen LogP contribution < -0.4 is 4.72 Å². The molecule has 0 saturated heterocycles. The van der Waals surface area contributed by atoms with Crippen molar-refractivity contribution in [1.29, 1.82) is 0 Å². The highest BCUT2D eigenvalue weighted by atomic mass is 32.2. The van der Waals surface area contributed by atoms with Crippen LogP contribution in [0, 0.1) is 5.82 Å². The van der Waals surface area contributed by atoms with Crippen LogP contribution in [0.4, 0.5) is 4.39 Å². The zero-order valence-electron chi connectivity index (χ0n) is 13.9. The van der Waals surface area contributed by atoms with Crippen molar-refractivity contribution < 1.29 is 21.2 Å². The van der Waals surface area contributed by atoms with Crippen molar-refractivity contribution in [3.05, 3.63) is 83.5 Å². The summed E-state index contributed by atoms with van der Waals surface area (Å²) in [6.45, 7) is -0.372. The van der Waals surface area contributed by atoms with Gasteiger partial charge in [0.2, 0.25) is 10.0 Å². The summed E-state index contributed by atoms with van der Waals surface area (Å²) in [6.07, 6.45) is 0. The van der Waals surface area contributed by atoms with Crippen LogP contribution in [0.1, 0.15) is 10.8 Å². The molecule has 0 spiro atoms. The largest absolute Gasteiger partial charge is 0.240 e. The Morgan fingerprint density at radius 3 is 2.15 bits per heavy atom. The molecule has 0 aliphatic rings. The quantitative estimate of drug-likeness (QED) is 0.629. The average molecular weight is 426 g/mol. The minimum atomic E-state index is -3.89. The van der Waals surface area contributed by atoms with Gasteiger partial charge in [-0.05, 0) is 41.3 Å². The lowest BCUT2D eigenvalue weighted by atomic mass is 10.1. The molecule has 0 amide bonds. The minimum absolute atomic E-state index is 0.0383. The van der Waals surface area contributed by atoms with Crippen LogP contribution in [0.3, 0.4) is 0 Å². The number of halogens is 1. The van der Waals surface area contributed by atoms with Gasteiger partial charge in [0, 0.05) is 6.54 Å². The molecule has 3 aromatic rings. The molecule has 2 aromatic carbocycles. The van der Waals surface area contributed by atoms with Gasteiger partial charge in [0.05, 0.1) is 4.90 Å². The molecule has 142 valence electrons. The van der Waals surface area contributed by atoms with E-state index >= 15 is 0 Å². The van der Waals surface area contributed by atoms with Crippen molar-refractivity contribution in [3.63, 3.8) is 0 Å². The van der Waals surface area contributed by atoms with Crippen molar-refractivity contribution in [2.45, 2.75) is 14.4 Å². The van der Waals surface area contributed by atoms with E-state index in [-0.39, 0.29) is 15.6 Å². The second kappa shape index (κ2) is 7.89. The first-order valence-corrected chi connectivity index (χ1v) is 11.8. The van der Waals surface area contributed by atoms with Gasteiger partial charge in [0.15, 0.2) is 9.84 Å². The van der Waals surface area contributed by atoms with E-state index in [4.69, 9.17) is 0 Å². The molecule has 0 unspecified atom stereocenters. The van der Waals surface area contributed by atoms with Gasteiger partial charge in [0.1, 0.15) is 15.3 Å². The molecule has 3 rings (SSSR count). The third-order valence-corrected chi connectivity index (χ3v) is 8.88. The fourth-order valence-corrected chi connectivity index (χ4v) is 6.56. The highest BCUT2D eigenvalue weighted by molar-refractivity contribution is 7.93. The summed E-state index contributed by atoms with van der Waals surface area (Å²) >= 11 is 1.05. The topological polar surface area (TPSA) is 80.3 Å². The Kier molecular flexibility index (Phi) is 5.75. The van der Waals surface area contributed by atoms with Crippen molar-refractivity contribution in [3.8, 4) is 0 Å². The summed E-state index contributed by atoms with van der Waals surface area (Å²) in [4.78, 5) is 0.0383. The van der Waals surface area contributed by atoms with Crippen LogP contribution in [0.15, 0.2) is 81.2 Å². The van der Waals surface area contributed by atoms with Crippen molar-refractivity contribution >= 4 is 31.2 Å². The van der Waals surface area contributed by atoms with E-state index in [1.807, 2.05) is 0 Å². The fourth-order valence-electron chi connectivity index (χ4n) is 2.52. The summed E-state index contributed by atoms with van der Waals surface area (Å²) in [6, 6.07) is 15.7. The molecular weight excluding hydrogens is 409 g/mol. The first-order chi connectivity index (χ1) is 12.8. The molecule has 0 aliphatic heterocycles. The normalized spacial score (nSPS) is 13.4. The molecule has 1 atom stereocenters. The molecule has 0 aliphatic carbocycles. The zero-order valence-corrected chi connectivity index (χ0v) is 16.4. The van der Waals surface area contributed by atoms with Crippen LogP contribution in [-0.4, -0.2) is 23.4 Å². The Bertz CT molecular complexity index is 1100. The third-order valence-electron chi connectivity index (χ3n) is 3.90. The summed E-state index contributed by atoms with van der Waals surface area (Å²) in [7, 11) is -7.74. The highest BCUT2D eigenvalue weighted by Crippen LogP contribution is 2.31. The van der Waals surface area contributed by atoms with Gasteiger partial charge in [0.25, 0.3) is 0 Å². The molecule has 0 radical (unpaired) electrons. The van der Waals surface area contributed by atoms with Crippen LogP contribution in [0.2, 0.25) is 0 Å². The van der Waals surface area contributed by atoms with Gasteiger partial charge < -0.3 is 0 Å². The van der Waals surface area contributed by atoms with E-state index < -0.39 is 30.9 Å². The molecule has 1 N–H and O–H groups in total. The molecule has 1 aromatic heterocycles. The first kappa shape index (κ1) is 19.7. The van der Waals surface area contributed by atoms with E-state index in [2.05, 4.69) is 4.72 Å². The lowest BCUT2D eigenvalue weighted by molar-refractivity contribution is 0.569. The Labute approximate surface area is 161 Å². The second-order valence-corrected chi connectivity index (χ2v) is 10.8. The zero-order chi connectivity index (χ0) is 19.5. The number of rotatable bonds is 7. The SMILES string of the molecule is O=S(=O)(NC[C@H](c1ccc(F)cc1)S(=O)(=O)c1cccs1)c1ccccc1. The van der Waals surface area contributed by atoms with E-state index in [0.29, 0.717) is 5.56 Å². The smallest absolute Gasteiger partial charge is 0.222 e. The van der Waals surface area contributed by atoms with Gasteiger partial charge in [-0.1, -0.05) is 36.4 Å². The maximum absolute atomic E-state index is 13.3. The Morgan fingerprint density at radius 2 is 1.56 bits per heavy atom. The minimum Gasteiger partial charge on any atom is -0.222 e. The highest BCUT2D eigenvalue weighted by Gasteiger charge is 2.31. The first-order valence-electron chi connectivity index (χ1n) is 7.88. The van der Waals surface area contributed by atoms with Crippen LogP contribution in [0.5, 0.6) is 0 Å². The lowest BCUT2D eigenvalue weighted by Crippen LogP contribution is -2.31. The van der Waals surface area contributed by atoms with Crippen LogP contribution in [0.25, 0.3) is 0 Å². The molecule has 27 heavy (non-hydrogen) atoms. The monoisotopic (exact) mass is 425 g/mol. The fraction of sp³-hybridized carbons (Fsp3) is 0.111. The lowest BCUT2D eigenvalue weighted by Gasteiger charge is -2.18. The van der Waals surface area contributed by atoms with E-state index in [9.17, 15) is 21.2 Å². The Hall–Kier alpha value is -2.07. The average Bonchev–Trinajstić information content (AvgIpc) is 3.19. The van der Waals surface area contributed by atoms with E-state index in [1.165, 1.54) is 30.3 Å². The molecule has 1 heterocycles. The summed E-state index contributed by atoms with van der Waals surface area (Å²) in [5.41, 5.74) is 0.306. The van der Waals surface area contributed by atoms with Gasteiger partial charge in [-0.2, -0.15) is 0 Å². The van der Waals surface area contributed by atoms with Gasteiger partial charge in [-0.3, -0.25) is 0 Å². The number of hydrogen-bond acceptors (Lipinski definition) is 5. The second-order valence-electron chi connectivity index (χ2n) is 5.68. The number of nitrogens with one attached hydrogen (secondary N) is 1. The number of thiophene rings is 1.